The summed E-state index contributed by atoms with van der Waals surface area (Å²) in [5.41, 5.74) is 7.38. The lowest BCUT2D eigenvalue weighted by Crippen LogP contribution is -2.41. The number of nitrogen functional groups attached to an aromatic ring is 1. The number of rotatable bonds is 1. The molecule has 0 atom stereocenters. The fraction of sp³-hybridized carbons (Fsp3) is 0.500. The van der Waals surface area contributed by atoms with Crippen LogP contribution in [0.1, 0.15) is 37.0 Å². The van der Waals surface area contributed by atoms with Crippen molar-refractivity contribution in [2.24, 2.45) is 5.41 Å². The Balaban J connectivity index is 2.15. The number of halogens is 1. The van der Waals surface area contributed by atoms with Gasteiger partial charge in [-0.3, -0.25) is 4.79 Å². The molecule has 0 radical (unpaired) electrons. The van der Waals surface area contributed by atoms with Gasteiger partial charge in [0.15, 0.2) is 0 Å². The minimum Gasteiger partial charge on any atom is -0.398 e. The fourth-order valence-corrected chi connectivity index (χ4v) is 2.56. The molecule has 98 valence electrons. The van der Waals surface area contributed by atoms with E-state index >= 15 is 0 Å². The number of piperidine rings is 1. The number of hydrogen-bond acceptors (Lipinski definition) is 2. The number of nitrogens with zero attached hydrogens (tertiary/aromatic N) is 1. The van der Waals surface area contributed by atoms with Crippen molar-refractivity contribution >= 4 is 27.5 Å². The largest absolute Gasteiger partial charge is 0.398 e. The van der Waals surface area contributed by atoms with E-state index in [1.807, 2.05) is 11.0 Å². The van der Waals surface area contributed by atoms with E-state index in [-0.39, 0.29) is 5.91 Å². The van der Waals surface area contributed by atoms with Gasteiger partial charge >= 0.3 is 0 Å². The van der Waals surface area contributed by atoms with Crippen molar-refractivity contribution in [3.63, 3.8) is 0 Å². The molecule has 3 nitrogen and oxygen atoms in total. The normalized spacial score (nSPS) is 18.7. The van der Waals surface area contributed by atoms with Crippen LogP contribution in [0.2, 0.25) is 0 Å². The summed E-state index contributed by atoms with van der Waals surface area (Å²) in [4.78, 5) is 14.3. The predicted octanol–water partition coefficient (Wildman–Crippen LogP) is 3.29. The molecule has 2 N–H and O–H groups in total. The molecular weight excluding hydrogens is 292 g/mol. The smallest absolute Gasteiger partial charge is 0.255 e. The van der Waals surface area contributed by atoms with E-state index < -0.39 is 0 Å². The number of carbonyl (C=O) groups is 1. The van der Waals surface area contributed by atoms with E-state index in [2.05, 4.69) is 29.8 Å². The molecule has 2 rings (SSSR count). The Kier molecular flexibility index (Phi) is 3.66. The van der Waals surface area contributed by atoms with Crippen LogP contribution in [-0.4, -0.2) is 23.9 Å². The highest BCUT2D eigenvalue weighted by atomic mass is 79.9. The average Bonchev–Trinajstić information content (AvgIpc) is 2.31. The zero-order valence-electron chi connectivity index (χ0n) is 10.9. The van der Waals surface area contributed by atoms with Crippen molar-refractivity contribution < 1.29 is 4.79 Å². The number of carbonyl (C=O) groups excluding carboxylic acids is 1. The van der Waals surface area contributed by atoms with Crippen molar-refractivity contribution in [1.82, 2.24) is 4.90 Å². The first-order valence-corrected chi connectivity index (χ1v) is 7.03. The molecule has 18 heavy (non-hydrogen) atoms. The molecule has 1 saturated heterocycles. The summed E-state index contributed by atoms with van der Waals surface area (Å²) >= 11 is 3.38. The second kappa shape index (κ2) is 4.92. The monoisotopic (exact) mass is 310 g/mol. The van der Waals surface area contributed by atoms with Gasteiger partial charge in [-0.25, -0.2) is 0 Å². The third-order valence-electron chi connectivity index (χ3n) is 3.65. The number of likely N-dealkylation sites (tertiary alicyclic amines) is 1. The van der Waals surface area contributed by atoms with Crippen molar-refractivity contribution in [1.29, 1.82) is 0 Å². The number of benzene rings is 1. The van der Waals surface area contributed by atoms with Gasteiger partial charge < -0.3 is 10.6 Å². The van der Waals surface area contributed by atoms with E-state index in [4.69, 9.17) is 5.73 Å². The third kappa shape index (κ3) is 2.86. The number of anilines is 1. The molecule has 4 heteroatoms. The second-order valence-corrected chi connectivity index (χ2v) is 6.60. The molecule has 0 aromatic heterocycles. The first-order chi connectivity index (χ1) is 8.39. The standard InChI is InChI=1S/C14H19BrN2O/c1-14(2)5-7-17(8-6-14)13(18)11-9-10(15)3-4-12(11)16/h3-4,9H,5-8,16H2,1-2H3. The maximum Gasteiger partial charge on any atom is 0.255 e. The lowest BCUT2D eigenvalue weighted by atomic mass is 9.82. The molecule has 1 heterocycles. The van der Waals surface area contributed by atoms with E-state index in [1.165, 1.54) is 0 Å². The number of hydrogen-bond donors (Lipinski definition) is 1. The van der Waals surface area contributed by atoms with E-state index in [9.17, 15) is 4.79 Å². The molecule has 1 aromatic rings. The molecule has 0 spiro atoms. The quantitative estimate of drug-likeness (QED) is 0.809. The maximum atomic E-state index is 12.4. The van der Waals surface area contributed by atoms with Gasteiger partial charge in [0.25, 0.3) is 5.91 Å². The van der Waals surface area contributed by atoms with Gasteiger partial charge in [-0.1, -0.05) is 29.8 Å². The maximum absolute atomic E-state index is 12.4. The van der Waals surface area contributed by atoms with Gasteiger partial charge in [0.1, 0.15) is 0 Å². The van der Waals surface area contributed by atoms with Crippen LogP contribution >= 0.6 is 15.9 Å². The lowest BCUT2D eigenvalue weighted by molar-refractivity contribution is 0.0631. The Morgan fingerprint density at radius 3 is 2.56 bits per heavy atom. The minimum atomic E-state index is 0.0456. The zero-order chi connectivity index (χ0) is 13.3. The molecule has 0 bridgehead atoms. The van der Waals surface area contributed by atoms with Crippen LogP contribution < -0.4 is 5.73 Å². The molecular formula is C14H19BrN2O. The van der Waals surface area contributed by atoms with Crippen molar-refractivity contribution in [2.75, 3.05) is 18.8 Å². The Labute approximate surface area is 116 Å². The fourth-order valence-electron chi connectivity index (χ4n) is 2.20. The highest BCUT2D eigenvalue weighted by Crippen LogP contribution is 2.31. The highest BCUT2D eigenvalue weighted by molar-refractivity contribution is 9.10. The summed E-state index contributed by atoms with van der Waals surface area (Å²) in [6.07, 6.45) is 2.10. The minimum absolute atomic E-state index is 0.0456. The first-order valence-electron chi connectivity index (χ1n) is 6.23. The molecule has 1 fully saturated rings. The van der Waals surface area contributed by atoms with E-state index in [0.29, 0.717) is 16.7 Å². The van der Waals surface area contributed by atoms with Crippen molar-refractivity contribution in [3.8, 4) is 0 Å². The molecule has 1 amide bonds. The van der Waals surface area contributed by atoms with Crippen LogP contribution in [0.15, 0.2) is 22.7 Å². The molecule has 0 aliphatic carbocycles. The van der Waals surface area contributed by atoms with Crippen LogP contribution in [0, 0.1) is 5.41 Å². The van der Waals surface area contributed by atoms with Crippen molar-refractivity contribution in [3.05, 3.63) is 28.2 Å². The number of amides is 1. The molecule has 1 aliphatic heterocycles. The molecule has 1 aromatic carbocycles. The van der Waals surface area contributed by atoms with E-state index in [0.717, 1.165) is 30.4 Å². The molecule has 1 aliphatic rings. The summed E-state index contributed by atoms with van der Waals surface area (Å²) in [5.74, 6) is 0.0456. The molecule has 0 saturated carbocycles. The summed E-state index contributed by atoms with van der Waals surface area (Å²) in [5, 5.41) is 0. The summed E-state index contributed by atoms with van der Waals surface area (Å²) < 4.78 is 0.886. The van der Waals surface area contributed by atoms with Gasteiger partial charge in [-0.2, -0.15) is 0 Å². The molecule has 0 unspecified atom stereocenters. The van der Waals surface area contributed by atoms with Gasteiger partial charge in [0, 0.05) is 23.2 Å². The Morgan fingerprint density at radius 2 is 1.94 bits per heavy atom. The second-order valence-electron chi connectivity index (χ2n) is 5.69. The summed E-state index contributed by atoms with van der Waals surface area (Å²) in [6.45, 7) is 6.14. The zero-order valence-corrected chi connectivity index (χ0v) is 12.5. The van der Waals surface area contributed by atoms with Crippen LogP contribution in [0.5, 0.6) is 0 Å². The van der Waals surface area contributed by atoms with Gasteiger partial charge in [-0.05, 0) is 36.5 Å². The number of nitrogens with two attached hydrogens (primary N) is 1. The van der Waals surface area contributed by atoms with Gasteiger partial charge in [0.2, 0.25) is 0 Å². The van der Waals surface area contributed by atoms with Crippen molar-refractivity contribution in [2.45, 2.75) is 26.7 Å². The van der Waals surface area contributed by atoms with Gasteiger partial charge in [0.05, 0.1) is 5.56 Å². The van der Waals surface area contributed by atoms with Crippen LogP contribution in [0.25, 0.3) is 0 Å². The topological polar surface area (TPSA) is 46.3 Å². The average molecular weight is 311 g/mol. The van der Waals surface area contributed by atoms with Gasteiger partial charge in [-0.15, -0.1) is 0 Å². The van der Waals surface area contributed by atoms with Crippen LogP contribution in [0.4, 0.5) is 5.69 Å². The first kappa shape index (κ1) is 13.4. The highest BCUT2D eigenvalue weighted by Gasteiger charge is 2.28. The summed E-state index contributed by atoms with van der Waals surface area (Å²) in [7, 11) is 0. The Hall–Kier alpha value is -1.03. The summed E-state index contributed by atoms with van der Waals surface area (Å²) in [6, 6.07) is 5.42. The Bertz CT molecular complexity index is 461. The van der Waals surface area contributed by atoms with E-state index in [1.54, 1.807) is 12.1 Å². The van der Waals surface area contributed by atoms with Crippen LogP contribution in [-0.2, 0) is 0 Å². The van der Waals surface area contributed by atoms with Crippen LogP contribution in [0.3, 0.4) is 0 Å². The Morgan fingerprint density at radius 1 is 1.33 bits per heavy atom. The SMILES string of the molecule is CC1(C)CCN(C(=O)c2cc(Br)ccc2N)CC1. The lowest BCUT2D eigenvalue weighted by Gasteiger charge is -2.37. The third-order valence-corrected chi connectivity index (χ3v) is 4.14. The predicted molar refractivity (Wildman–Crippen MR) is 77.5 cm³/mol.